The van der Waals surface area contributed by atoms with Gasteiger partial charge in [0.2, 0.25) is 0 Å². The summed E-state index contributed by atoms with van der Waals surface area (Å²) in [5.74, 6) is 0. The van der Waals surface area contributed by atoms with Crippen LogP contribution in [0.25, 0.3) is 11.6 Å². The zero-order valence-corrected chi connectivity index (χ0v) is 17.6. The van der Waals surface area contributed by atoms with Crippen LogP contribution in [-0.2, 0) is 28.9 Å². The fourth-order valence-corrected chi connectivity index (χ4v) is 5.38. The number of rotatable bonds is 3. The summed E-state index contributed by atoms with van der Waals surface area (Å²) in [4.78, 5) is 27.2. The molecule has 1 saturated carbocycles. The fraction of sp³-hybridized carbons (Fsp3) is 0.500. The Balaban J connectivity index is 1.20. The van der Waals surface area contributed by atoms with Crippen LogP contribution in [0, 0.1) is 0 Å². The minimum absolute atomic E-state index is 0.156. The number of thiazole rings is 1. The van der Waals surface area contributed by atoms with Crippen molar-refractivity contribution in [3.8, 4) is 0 Å². The first kappa shape index (κ1) is 18.3. The third-order valence-corrected chi connectivity index (χ3v) is 7.31. The van der Waals surface area contributed by atoms with Crippen molar-refractivity contribution in [3.63, 3.8) is 0 Å². The van der Waals surface area contributed by atoms with Crippen molar-refractivity contribution in [2.45, 2.75) is 38.4 Å². The molecule has 156 valence electrons. The average Bonchev–Trinajstić information content (AvgIpc) is 3.31. The number of carbonyl (C=O) groups excluding carboxylic acids is 1. The number of nitrogens with zero attached hydrogens (tertiary/aromatic N) is 4. The van der Waals surface area contributed by atoms with E-state index < -0.39 is 0 Å². The largest absolute Gasteiger partial charge is 0.446 e. The average molecular weight is 425 g/mol. The molecule has 4 heterocycles. The van der Waals surface area contributed by atoms with Crippen molar-refractivity contribution < 1.29 is 14.3 Å². The Morgan fingerprint density at radius 1 is 1.20 bits per heavy atom. The van der Waals surface area contributed by atoms with Crippen LogP contribution in [0.15, 0.2) is 12.3 Å². The monoisotopic (exact) mass is 424 g/mol. The highest BCUT2D eigenvalue weighted by atomic mass is 32.1. The van der Waals surface area contributed by atoms with E-state index in [0.29, 0.717) is 19.7 Å². The van der Waals surface area contributed by atoms with Crippen LogP contribution in [0.5, 0.6) is 0 Å². The van der Waals surface area contributed by atoms with E-state index in [1.807, 2.05) is 11.1 Å². The number of piperazine rings is 1. The lowest BCUT2D eigenvalue weighted by molar-refractivity contribution is 0.0939. The summed E-state index contributed by atoms with van der Waals surface area (Å²) in [7, 11) is 0. The first-order valence-corrected chi connectivity index (χ1v) is 11.5. The number of hydrogen-bond donors (Lipinski definition) is 0. The third kappa shape index (κ3) is 3.37. The normalized spacial score (nSPS) is 20.6. The predicted octanol–water partition coefficient (Wildman–Crippen LogP) is 3.13. The molecule has 0 aromatic carbocycles. The van der Waals surface area contributed by atoms with Crippen molar-refractivity contribution in [1.82, 2.24) is 14.9 Å². The first-order chi connectivity index (χ1) is 14.7. The molecule has 7 nitrogen and oxygen atoms in total. The van der Waals surface area contributed by atoms with Gasteiger partial charge in [-0.25, -0.2) is 9.78 Å². The Hall–Kier alpha value is -2.45. The molecule has 0 unspecified atom stereocenters. The van der Waals surface area contributed by atoms with Gasteiger partial charge in [-0.1, -0.05) is 0 Å². The molecule has 2 aliphatic carbocycles. The smallest absolute Gasteiger partial charge is 0.410 e. The number of carbonyl (C=O) groups is 1. The van der Waals surface area contributed by atoms with Gasteiger partial charge in [-0.05, 0) is 30.6 Å². The maximum Gasteiger partial charge on any atom is 0.410 e. The van der Waals surface area contributed by atoms with Crippen molar-refractivity contribution in [2.75, 3.05) is 37.7 Å². The van der Waals surface area contributed by atoms with Crippen molar-refractivity contribution in [3.05, 3.63) is 39.1 Å². The number of pyridine rings is 1. The second kappa shape index (κ2) is 7.35. The maximum atomic E-state index is 12.2. The molecule has 2 fully saturated rings. The van der Waals surface area contributed by atoms with Crippen LogP contribution in [0.4, 0.5) is 10.5 Å². The van der Waals surface area contributed by atoms with Gasteiger partial charge in [-0.15, -0.1) is 11.3 Å². The molecule has 2 aromatic rings. The Morgan fingerprint density at radius 2 is 2.07 bits per heavy atom. The van der Waals surface area contributed by atoms with Gasteiger partial charge in [0.15, 0.2) is 0 Å². The van der Waals surface area contributed by atoms with Crippen LogP contribution in [0.3, 0.4) is 0 Å². The molecule has 1 amide bonds. The van der Waals surface area contributed by atoms with Crippen LogP contribution >= 0.6 is 11.3 Å². The van der Waals surface area contributed by atoms with E-state index in [1.54, 1.807) is 11.3 Å². The number of anilines is 1. The molecule has 0 bridgehead atoms. The van der Waals surface area contributed by atoms with Gasteiger partial charge < -0.3 is 19.3 Å². The summed E-state index contributed by atoms with van der Waals surface area (Å²) in [6.07, 6.45) is 7.92. The molecule has 0 radical (unpaired) electrons. The zero-order chi connectivity index (χ0) is 20.1. The quantitative estimate of drug-likeness (QED) is 0.754. The highest BCUT2D eigenvalue weighted by Crippen LogP contribution is 2.39. The van der Waals surface area contributed by atoms with Gasteiger partial charge in [-0.2, -0.15) is 0 Å². The van der Waals surface area contributed by atoms with Gasteiger partial charge in [0, 0.05) is 56.5 Å². The second-order valence-electron chi connectivity index (χ2n) is 8.29. The lowest BCUT2D eigenvalue weighted by Crippen LogP contribution is -2.49. The second-order valence-corrected chi connectivity index (χ2v) is 9.37. The fourth-order valence-electron chi connectivity index (χ4n) is 4.32. The number of allylic oxidation sites excluding steroid dienone is 1. The summed E-state index contributed by atoms with van der Waals surface area (Å²) in [5.41, 5.74) is 5.96. The molecule has 2 aromatic heterocycles. The van der Waals surface area contributed by atoms with Crippen molar-refractivity contribution in [1.29, 1.82) is 0 Å². The van der Waals surface area contributed by atoms with Gasteiger partial charge in [0.1, 0.15) is 11.1 Å². The van der Waals surface area contributed by atoms with Gasteiger partial charge >= 0.3 is 6.09 Å². The lowest BCUT2D eigenvalue weighted by atomic mass is 10.1. The molecule has 0 atom stereocenters. The zero-order valence-electron chi connectivity index (χ0n) is 16.8. The highest BCUT2D eigenvalue weighted by Gasteiger charge is 2.31. The third-order valence-electron chi connectivity index (χ3n) is 6.17. The van der Waals surface area contributed by atoms with Crippen LogP contribution < -0.4 is 4.90 Å². The predicted molar refractivity (Wildman–Crippen MR) is 115 cm³/mol. The Labute approximate surface area is 179 Å². The lowest BCUT2D eigenvalue weighted by Gasteiger charge is -2.36. The number of aromatic nitrogens is 2. The molecule has 4 aliphatic rings. The standard InChI is InChI=1S/C22H24N4O3S/c27-22(29-15-1-2-15)26-8-6-25(7-9-26)19-3-5-23-18-12-14(11-16(18)19)21-24-17-4-10-28-13-20(17)30-21/h3,5,11,15H,1-2,4,6-10,12-13H2. The maximum absolute atomic E-state index is 12.2. The Bertz CT molecular complexity index is 998. The number of ether oxygens (including phenoxy) is 2. The highest BCUT2D eigenvalue weighted by molar-refractivity contribution is 7.12. The molecule has 6 rings (SSSR count). The van der Waals surface area contributed by atoms with Gasteiger partial charge in [0.05, 0.1) is 29.5 Å². The topological polar surface area (TPSA) is 67.8 Å². The number of fused-ring (bicyclic) bond motifs is 2. The minimum Gasteiger partial charge on any atom is -0.446 e. The number of amides is 1. The molecular weight excluding hydrogens is 400 g/mol. The first-order valence-electron chi connectivity index (χ1n) is 10.7. The van der Waals surface area contributed by atoms with E-state index >= 15 is 0 Å². The Kier molecular flexibility index (Phi) is 4.49. The summed E-state index contributed by atoms with van der Waals surface area (Å²) in [6.45, 7) is 4.45. The molecule has 30 heavy (non-hydrogen) atoms. The van der Waals surface area contributed by atoms with Crippen LogP contribution in [0.2, 0.25) is 0 Å². The molecule has 0 spiro atoms. The van der Waals surface area contributed by atoms with E-state index in [9.17, 15) is 4.79 Å². The summed E-state index contributed by atoms with van der Waals surface area (Å²) in [6, 6.07) is 2.09. The molecule has 2 aliphatic heterocycles. The SMILES string of the molecule is O=C(OC1CC1)N1CCN(c2ccnc3c2C=C(c2nc4c(s2)COCC4)C3)CC1. The van der Waals surface area contributed by atoms with Crippen molar-refractivity contribution in [2.24, 2.45) is 0 Å². The summed E-state index contributed by atoms with van der Waals surface area (Å²) >= 11 is 1.75. The molecule has 8 heteroatoms. The van der Waals surface area contributed by atoms with Crippen molar-refractivity contribution >= 4 is 34.8 Å². The molecule has 0 N–H and O–H groups in total. The van der Waals surface area contributed by atoms with Gasteiger partial charge in [-0.3, -0.25) is 4.98 Å². The molecular formula is C22H24N4O3S. The van der Waals surface area contributed by atoms with E-state index in [-0.39, 0.29) is 12.2 Å². The van der Waals surface area contributed by atoms with Crippen LogP contribution in [0.1, 0.15) is 39.7 Å². The van der Waals surface area contributed by atoms with Gasteiger partial charge in [0.25, 0.3) is 0 Å². The van der Waals surface area contributed by atoms with E-state index in [0.717, 1.165) is 56.1 Å². The van der Waals surface area contributed by atoms with E-state index in [1.165, 1.54) is 27.4 Å². The summed E-state index contributed by atoms with van der Waals surface area (Å²) < 4.78 is 11.0. The number of hydrogen-bond acceptors (Lipinski definition) is 7. The van der Waals surface area contributed by atoms with E-state index in [2.05, 4.69) is 22.0 Å². The van der Waals surface area contributed by atoms with Crippen LogP contribution in [-0.4, -0.2) is 59.9 Å². The van der Waals surface area contributed by atoms with E-state index in [4.69, 9.17) is 14.5 Å². The minimum atomic E-state index is -0.156. The summed E-state index contributed by atoms with van der Waals surface area (Å²) in [5, 5.41) is 1.10. The Morgan fingerprint density at radius 3 is 2.87 bits per heavy atom. The molecule has 1 saturated heterocycles.